The summed E-state index contributed by atoms with van der Waals surface area (Å²) in [6, 6.07) is 7.74. The van der Waals surface area contributed by atoms with Crippen LogP contribution < -0.4 is 0 Å². The van der Waals surface area contributed by atoms with Gasteiger partial charge in [-0.3, -0.25) is 4.55 Å². The van der Waals surface area contributed by atoms with E-state index in [2.05, 4.69) is 39.8 Å². The van der Waals surface area contributed by atoms with Crippen LogP contribution in [0.1, 0.15) is 76.0 Å². The summed E-state index contributed by atoms with van der Waals surface area (Å²) in [6.07, 6.45) is 0. The van der Waals surface area contributed by atoms with E-state index in [4.69, 9.17) is 0 Å². The van der Waals surface area contributed by atoms with E-state index in [0.29, 0.717) is 5.39 Å². The first-order valence-corrected chi connectivity index (χ1v) is 9.55. The first kappa shape index (κ1) is 18.0. The molecule has 0 bridgehead atoms. The fraction of sp³-hybridized carbons (Fsp3) is 0.474. The average molecular weight is 334 g/mol. The Hall–Kier alpha value is -1.39. The van der Waals surface area contributed by atoms with E-state index in [0.717, 1.165) is 22.1 Å². The minimum Gasteiger partial charge on any atom is -0.282 e. The molecule has 4 heteroatoms. The molecule has 23 heavy (non-hydrogen) atoms. The molecule has 126 valence electrons. The molecule has 2 rings (SSSR count). The fourth-order valence-corrected chi connectivity index (χ4v) is 3.59. The topological polar surface area (TPSA) is 54.4 Å². The second-order valence-corrected chi connectivity index (χ2v) is 8.55. The highest BCUT2D eigenvalue weighted by Gasteiger charge is 2.20. The maximum absolute atomic E-state index is 11.9. The van der Waals surface area contributed by atoms with E-state index >= 15 is 0 Å². The molecule has 0 aliphatic heterocycles. The summed E-state index contributed by atoms with van der Waals surface area (Å²) in [4.78, 5) is 0.0168. The minimum absolute atomic E-state index is 0.0168. The Morgan fingerprint density at radius 1 is 0.739 bits per heavy atom. The summed E-state index contributed by atoms with van der Waals surface area (Å²) in [6.45, 7) is 12.4. The van der Waals surface area contributed by atoms with Gasteiger partial charge in [0.15, 0.2) is 0 Å². The summed E-state index contributed by atoms with van der Waals surface area (Å²) in [7, 11) is -4.27. The van der Waals surface area contributed by atoms with Crippen molar-refractivity contribution < 1.29 is 13.0 Å². The molecule has 0 aliphatic rings. The largest absolute Gasteiger partial charge is 0.295 e. The van der Waals surface area contributed by atoms with Gasteiger partial charge in [0.25, 0.3) is 10.1 Å². The highest BCUT2D eigenvalue weighted by molar-refractivity contribution is 7.86. The molecule has 0 saturated carbocycles. The molecule has 3 nitrogen and oxygen atoms in total. The van der Waals surface area contributed by atoms with Crippen molar-refractivity contribution in [1.82, 2.24) is 0 Å². The molecule has 0 fully saturated rings. The zero-order valence-electron chi connectivity index (χ0n) is 14.7. The van der Waals surface area contributed by atoms with Gasteiger partial charge in [0.1, 0.15) is 4.90 Å². The number of fused-ring (bicyclic) bond motifs is 1. The quantitative estimate of drug-likeness (QED) is 0.756. The summed E-state index contributed by atoms with van der Waals surface area (Å²) >= 11 is 0. The number of hydrogen-bond donors (Lipinski definition) is 1. The van der Waals surface area contributed by atoms with Gasteiger partial charge in [-0.05, 0) is 52.0 Å². The highest BCUT2D eigenvalue weighted by atomic mass is 32.2. The summed E-state index contributed by atoms with van der Waals surface area (Å²) in [5, 5.41) is 1.54. The maximum atomic E-state index is 11.9. The van der Waals surface area contributed by atoms with Gasteiger partial charge in [-0.15, -0.1) is 0 Å². The van der Waals surface area contributed by atoms with Crippen LogP contribution in [0.25, 0.3) is 10.8 Å². The van der Waals surface area contributed by atoms with Crippen LogP contribution in [0.4, 0.5) is 0 Å². The fourth-order valence-electron chi connectivity index (χ4n) is 2.86. The third kappa shape index (κ3) is 3.59. The van der Waals surface area contributed by atoms with Crippen molar-refractivity contribution in [3.05, 3.63) is 41.0 Å². The van der Waals surface area contributed by atoms with Crippen LogP contribution in [0.2, 0.25) is 0 Å². The van der Waals surface area contributed by atoms with Gasteiger partial charge in [0.05, 0.1) is 0 Å². The van der Waals surface area contributed by atoms with Crippen molar-refractivity contribution >= 4 is 20.9 Å². The number of hydrogen-bond acceptors (Lipinski definition) is 2. The lowest BCUT2D eigenvalue weighted by molar-refractivity contribution is 0.484. The minimum atomic E-state index is -4.27. The second-order valence-electron chi connectivity index (χ2n) is 7.16. The Morgan fingerprint density at radius 3 is 1.65 bits per heavy atom. The molecule has 0 saturated heterocycles. The molecule has 0 amide bonds. The van der Waals surface area contributed by atoms with Gasteiger partial charge in [-0.25, -0.2) is 0 Å². The summed E-state index contributed by atoms with van der Waals surface area (Å²) in [5.74, 6) is 0.744. The molecule has 0 heterocycles. The Morgan fingerprint density at radius 2 is 1.22 bits per heavy atom. The van der Waals surface area contributed by atoms with E-state index in [9.17, 15) is 13.0 Å². The smallest absolute Gasteiger partial charge is 0.282 e. The van der Waals surface area contributed by atoms with Crippen LogP contribution >= 0.6 is 0 Å². The van der Waals surface area contributed by atoms with Crippen molar-refractivity contribution in [2.75, 3.05) is 0 Å². The van der Waals surface area contributed by atoms with Gasteiger partial charge in [-0.1, -0.05) is 53.7 Å². The predicted molar refractivity (Wildman–Crippen MR) is 96.0 cm³/mol. The number of rotatable bonds is 4. The van der Waals surface area contributed by atoms with Crippen molar-refractivity contribution in [1.29, 1.82) is 0 Å². The van der Waals surface area contributed by atoms with Gasteiger partial charge < -0.3 is 0 Å². The van der Waals surface area contributed by atoms with Crippen LogP contribution in [0, 0.1) is 0 Å². The van der Waals surface area contributed by atoms with Gasteiger partial charge in [0, 0.05) is 5.39 Å². The molecule has 0 aromatic heterocycles. The molecule has 0 atom stereocenters. The van der Waals surface area contributed by atoms with Crippen LogP contribution in [-0.4, -0.2) is 13.0 Å². The normalized spacial score (nSPS) is 12.8. The maximum Gasteiger partial charge on any atom is 0.295 e. The molecular formula is C19H26O3S. The molecular weight excluding hydrogens is 308 g/mol. The zero-order valence-corrected chi connectivity index (χ0v) is 15.5. The molecule has 0 unspecified atom stereocenters. The molecule has 2 aromatic carbocycles. The van der Waals surface area contributed by atoms with Crippen molar-refractivity contribution in [3.63, 3.8) is 0 Å². The van der Waals surface area contributed by atoms with Crippen LogP contribution in [0.3, 0.4) is 0 Å². The van der Waals surface area contributed by atoms with Crippen molar-refractivity contribution in [2.24, 2.45) is 0 Å². The second kappa shape index (κ2) is 6.25. The Labute approximate surface area is 139 Å². The van der Waals surface area contributed by atoms with Crippen LogP contribution in [-0.2, 0) is 10.1 Å². The number of benzene rings is 2. The molecule has 0 spiro atoms. The van der Waals surface area contributed by atoms with E-state index in [1.807, 2.05) is 19.9 Å². The van der Waals surface area contributed by atoms with Gasteiger partial charge >= 0.3 is 0 Å². The molecule has 1 N–H and O–H groups in total. The Kier molecular flexibility index (Phi) is 4.88. The van der Waals surface area contributed by atoms with E-state index < -0.39 is 10.1 Å². The van der Waals surface area contributed by atoms with E-state index in [1.54, 1.807) is 6.07 Å². The third-order valence-corrected chi connectivity index (χ3v) is 5.24. The standard InChI is InChI=1S/C19H26O3S/c1-11(2)14-7-16(13(5)6)17-8-15(12(3)4)10-19(18(17)9-14)23(20,21)22/h7-13H,1-6H3,(H,20,21,22). The lowest BCUT2D eigenvalue weighted by Crippen LogP contribution is -2.04. The highest BCUT2D eigenvalue weighted by Crippen LogP contribution is 2.36. The first-order chi connectivity index (χ1) is 10.5. The Bertz CT molecular complexity index is 831. The SMILES string of the molecule is CC(C)c1cc(S(=O)(=O)O)c2cc(C(C)C)cc(C(C)C)c2c1. The summed E-state index contributed by atoms with van der Waals surface area (Å²) < 4.78 is 33.6. The lowest BCUT2D eigenvalue weighted by Gasteiger charge is -2.19. The molecule has 0 radical (unpaired) electrons. The zero-order chi connectivity index (χ0) is 17.5. The predicted octanol–water partition coefficient (Wildman–Crippen LogP) is 5.46. The summed E-state index contributed by atoms with van der Waals surface area (Å²) in [5.41, 5.74) is 3.13. The van der Waals surface area contributed by atoms with Crippen molar-refractivity contribution in [2.45, 2.75) is 64.2 Å². The van der Waals surface area contributed by atoms with Crippen molar-refractivity contribution in [3.8, 4) is 0 Å². The molecule has 0 aliphatic carbocycles. The van der Waals surface area contributed by atoms with Crippen LogP contribution in [0.15, 0.2) is 29.2 Å². The van der Waals surface area contributed by atoms with Crippen LogP contribution in [0.5, 0.6) is 0 Å². The first-order valence-electron chi connectivity index (χ1n) is 8.11. The lowest BCUT2D eigenvalue weighted by atomic mass is 9.88. The Balaban J connectivity index is 3.02. The average Bonchev–Trinajstić information content (AvgIpc) is 2.43. The molecule has 2 aromatic rings. The third-order valence-electron chi connectivity index (χ3n) is 4.34. The van der Waals surface area contributed by atoms with E-state index in [-0.39, 0.29) is 22.6 Å². The monoisotopic (exact) mass is 334 g/mol. The van der Waals surface area contributed by atoms with Gasteiger partial charge in [0.2, 0.25) is 0 Å². The van der Waals surface area contributed by atoms with Gasteiger partial charge in [-0.2, -0.15) is 8.42 Å². The van der Waals surface area contributed by atoms with E-state index in [1.165, 1.54) is 0 Å².